The molecule has 0 bridgehead atoms. The van der Waals surface area contributed by atoms with Gasteiger partial charge in [-0.1, -0.05) is 31.5 Å². The van der Waals surface area contributed by atoms with Gasteiger partial charge in [-0.05, 0) is 29.0 Å². The molecule has 0 radical (unpaired) electrons. The maximum absolute atomic E-state index is 14.4. The second-order valence-electron chi connectivity index (χ2n) is 4.95. The van der Waals surface area contributed by atoms with Crippen LogP contribution >= 0.6 is 51.1 Å². The number of rotatable bonds is 3. The smallest absolute Gasteiger partial charge is 0.147 e. The average molecular weight is 399 g/mol. The molecule has 1 N–H and O–H groups in total. The molecule has 0 aliphatic carbocycles. The lowest BCUT2D eigenvalue weighted by Gasteiger charge is -2.36. The van der Waals surface area contributed by atoms with Gasteiger partial charge in [-0.15, -0.1) is 0 Å². The Hall–Kier alpha value is 0.580. The molecule has 4 unspecified atom stereocenters. The van der Waals surface area contributed by atoms with Crippen molar-refractivity contribution in [2.24, 2.45) is 0 Å². The van der Waals surface area contributed by atoms with Gasteiger partial charge >= 0.3 is 0 Å². The molecule has 1 aliphatic heterocycles. The molecule has 4 atom stereocenters. The fourth-order valence-corrected chi connectivity index (χ4v) is 5.93. The van der Waals surface area contributed by atoms with Crippen molar-refractivity contribution >= 4 is 51.1 Å². The second kappa shape index (κ2) is 7.23. The van der Waals surface area contributed by atoms with Gasteiger partial charge in [-0.25, -0.2) is 4.39 Å². The van der Waals surface area contributed by atoms with Crippen LogP contribution in [0.15, 0.2) is 16.6 Å². The third-order valence-electron chi connectivity index (χ3n) is 3.66. The summed E-state index contributed by atoms with van der Waals surface area (Å²) >= 11 is 13.2. The highest BCUT2D eigenvalue weighted by molar-refractivity contribution is 9.10. The molecule has 1 aromatic carbocycles. The van der Waals surface area contributed by atoms with E-state index in [1.165, 1.54) is 0 Å². The Morgan fingerprint density at radius 1 is 1.40 bits per heavy atom. The third kappa shape index (κ3) is 3.49. The summed E-state index contributed by atoms with van der Waals surface area (Å²) in [6, 6.07) is 3.62. The number of nitrogens with one attached hydrogen (secondary N) is 1. The maximum Gasteiger partial charge on any atom is 0.147 e. The predicted molar refractivity (Wildman–Crippen MR) is 93.7 cm³/mol. The summed E-state index contributed by atoms with van der Waals surface area (Å²) in [7, 11) is 1.88. The summed E-state index contributed by atoms with van der Waals surface area (Å²) in [6.45, 7) is 4.50. The van der Waals surface area contributed by atoms with Gasteiger partial charge in [0.2, 0.25) is 0 Å². The number of hydrogen-bond donors (Lipinski definition) is 1. The molecule has 0 spiro atoms. The minimum Gasteiger partial charge on any atom is -0.312 e. The SMILES string of the molecule is CNC(c1ccc(Br)c(Cl)c1F)C1CSC(C)C(C)S1. The van der Waals surface area contributed by atoms with Crippen molar-refractivity contribution in [3.63, 3.8) is 0 Å². The standard InChI is InChI=1S/C14H18BrClFNS2/c1-7-8(2)20-11(6-19-7)14(18-3)9-4-5-10(15)12(16)13(9)17/h4-5,7-8,11,14,18H,6H2,1-3H3. The number of benzene rings is 1. The second-order valence-corrected chi connectivity index (χ2v) is 9.21. The molecule has 0 aromatic heterocycles. The Labute approximate surface area is 141 Å². The first-order chi connectivity index (χ1) is 9.45. The molecular formula is C14H18BrClFNS2. The van der Waals surface area contributed by atoms with E-state index >= 15 is 0 Å². The zero-order valence-corrected chi connectivity index (χ0v) is 15.6. The lowest BCUT2D eigenvalue weighted by Crippen LogP contribution is -2.36. The van der Waals surface area contributed by atoms with Gasteiger partial charge in [0.05, 0.1) is 5.02 Å². The third-order valence-corrected chi connectivity index (χ3v) is 8.41. The highest BCUT2D eigenvalue weighted by Gasteiger charge is 2.33. The first-order valence-corrected chi connectivity index (χ1v) is 9.69. The Kier molecular flexibility index (Phi) is 6.12. The van der Waals surface area contributed by atoms with Crippen molar-refractivity contribution in [2.45, 2.75) is 35.6 Å². The van der Waals surface area contributed by atoms with Crippen molar-refractivity contribution in [1.82, 2.24) is 5.32 Å². The molecule has 6 heteroatoms. The highest BCUT2D eigenvalue weighted by atomic mass is 79.9. The number of hydrogen-bond acceptors (Lipinski definition) is 3. The zero-order chi connectivity index (χ0) is 14.9. The van der Waals surface area contributed by atoms with Crippen molar-refractivity contribution in [1.29, 1.82) is 0 Å². The van der Waals surface area contributed by atoms with E-state index in [4.69, 9.17) is 11.6 Å². The fourth-order valence-electron chi connectivity index (χ4n) is 2.31. The molecule has 0 amide bonds. The van der Waals surface area contributed by atoms with Crippen molar-refractivity contribution < 1.29 is 4.39 Å². The first-order valence-electron chi connectivity index (χ1n) is 6.53. The van der Waals surface area contributed by atoms with Gasteiger partial charge in [-0.3, -0.25) is 0 Å². The summed E-state index contributed by atoms with van der Waals surface area (Å²) in [4.78, 5) is 0. The van der Waals surface area contributed by atoms with E-state index in [1.54, 1.807) is 0 Å². The van der Waals surface area contributed by atoms with E-state index in [0.717, 1.165) is 5.75 Å². The van der Waals surface area contributed by atoms with Crippen LogP contribution in [0.3, 0.4) is 0 Å². The fraction of sp³-hybridized carbons (Fsp3) is 0.571. The van der Waals surface area contributed by atoms with E-state index in [0.29, 0.717) is 25.8 Å². The molecular weight excluding hydrogens is 381 g/mol. The zero-order valence-electron chi connectivity index (χ0n) is 11.6. The molecule has 0 saturated carbocycles. The van der Waals surface area contributed by atoms with Crippen LogP contribution < -0.4 is 5.32 Å². The molecule has 1 heterocycles. The molecule has 1 aliphatic rings. The van der Waals surface area contributed by atoms with Crippen LogP contribution in [-0.2, 0) is 0 Å². The summed E-state index contributed by atoms with van der Waals surface area (Å²) < 4.78 is 15.0. The van der Waals surface area contributed by atoms with Gasteiger partial charge in [0.25, 0.3) is 0 Å². The average Bonchev–Trinajstić information content (AvgIpc) is 2.43. The van der Waals surface area contributed by atoms with Crippen LogP contribution in [0, 0.1) is 5.82 Å². The Balaban J connectivity index is 2.27. The minimum absolute atomic E-state index is 0.0203. The largest absolute Gasteiger partial charge is 0.312 e. The quantitative estimate of drug-likeness (QED) is 0.709. The van der Waals surface area contributed by atoms with Crippen LogP contribution in [0.5, 0.6) is 0 Å². The highest BCUT2D eigenvalue weighted by Crippen LogP contribution is 2.42. The van der Waals surface area contributed by atoms with Crippen molar-refractivity contribution in [2.75, 3.05) is 12.8 Å². The monoisotopic (exact) mass is 397 g/mol. The lowest BCUT2D eigenvalue weighted by molar-refractivity contribution is 0.532. The molecule has 1 nitrogen and oxygen atoms in total. The molecule has 112 valence electrons. The van der Waals surface area contributed by atoms with Gasteiger partial charge in [0.15, 0.2) is 0 Å². The molecule has 2 rings (SSSR count). The van der Waals surface area contributed by atoms with Crippen molar-refractivity contribution in [3.8, 4) is 0 Å². The topological polar surface area (TPSA) is 12.0 Å². The summed E-state index contributed by atoms with van der Waals surface area (Å²) in [5.74, 6) is 0.701. The number of thioether (sulfide) groups is 2. The summed E-state index contributed by atoms with van der Waals surface area (Å²) in [5.41, 5.74) is 0.653. The normalized spacial score (nSPS) is 28.4. The Morgan fingerprint density at radius 3 is 2.70 bits per heavy atom. The molecule has 1 saturated heterocycles. The van der Waals surface area contributed by atoms with Gasteiger partial charge in [-0.2, -0.15) is 23.5 Å². The minimum atomic E-state index is -0.322. The van der Waals surface area contributed by atoms with Crippen LogP contribution in [-0.4, -0.2) is 28.6 Å². The molecule has 1 aromatic rings. The van der Waals surface area contributed by atoms with Crippen LogP contribution in [0.2, 0.25) is 5.02 Å². The van der Waals surface area contributed by atoms with E-state index in [2.05, 4.69) is 35.1 Å². The van der Waals surface area contributed by atoms with E-state index < -0.39 is 0 Å². The molecule has 20 heavy (non-hydrogen) atoms. The molecule has 1 fully saturated rings. The Morgan fingerprint density at radius 2 is 2.10 bits per heavy atom. The Bertz CT molecular complexity index is 488. The maximum atomic E-state index is 14.4. The summed E-state index contributed by atoms with van der Waals surface area (Å²) in [6.07, 6.45) is 0. The lowest BCUT2D eigenvalue weighted by atomic mass is 10.0. The van der Waals surface area contributed by atoms with Crippen LogP contribution in [0.4, 0.5) is 4.39 Å². The van der Waals surface area contributed by atoms with Gasteiger partial charge < -0.3 is 5.32 Å². The summed E-state index contributed by atoms with van der Waals surface area (Å²) in [5, 5.41) is 5.00. The van der Waals surface area contributed by atoms with Gasteiger partial charge in [0.1, 0.15) is 5.82 Å². The number of halogens is 3. The first kappa shape index (κ1) is 16.9. The van der Waals surface area contributed by atoms with E-state index in [-0.39, 0.29) is 16.9 Å². The van der Waals surface area contributed by atoms with Crippen LogP contribution in [0.1, 0.15) is 25.5 Å². The predicted octanol–water partition coefficient (Wildman–Crippen LogP) is 5.13. The van der Waals surface area contributed by atoms with Crippen molar-refractivity contribution in [3.05, 3.63) is 33.0 Å². The van der Waals surface area contributed by atoms with Gasteiger partial charge in [0, 0.05) is 37.6 Å². The van der Waals surface area contributed by atoms with E-state index in [9.17, 15) is 4.39 Å². The van der Waals surface area contributed by atoms with Crippen LogP contribution in [0.25, 0.3) is 0 Å². The van der Waals surface area contributed by atoms with E-state index in [1.807, 2.05) is 42.7 Å².